The van der Waals surface area contributed by atoms with E-state index < -0.39 is 17.7 Å². The fourth-order valence-corrected chi connectivity index (χ4v) is 5.26. The number of nitrogens with zero attached hydrogens (tertiary/aromatic N) is 1. The number of anilines is 1. The number of hydrogen-bond acceptors (Lipinski definition) is 4. The number of nitrogens with one attached hydrogen (secondary N) is 1. The zero-order valence-electron chi connectivity index (χ0n) is 17.4. The second-order valence-electron chi connectivity index (χ2n) is 8.69. The fourth-order valence-electron chi connectivity index (χ4n) is 5.05. The number of halogens is 3. The quantitative estimate of drug-likeness (QED) is 0.648. The van der Waals surface area contributed by atoms with E-state index in [4.69, 9.17) is 16.3 Å². The Morgan fingerprint density at radius 2 is 1.72 bits per heavy atom. The number of fused-ring (bicyclic) bond motifs is 1. The van der Waals surface area contributed by atoms with Gasteiger partial charge in [-0.05, 0) is 49.1 Å². The molecule has 1 saturated heterocycles. The fraction of sp³-hybridized carbons (Fsp3) is 0.417. The Morgan fingerprint density at radius 1 is 1.00 bits per heavy atom. The first-order valence-corrected chi connectivity index (χ1v) is 11.3. The molecule has 2 aromatic rings. The molecule has 168 valence electrons. The highest BCUT2D eigenvalue weighted by atomic mass is 35.5. The first-order valence-electron chi connectivity index (χ1n) is 11.0. The molecule has 0 radical (unpaired) electrons. The third-order valence-corrected chi connectivity index (χ3v) is 6.79. The summed E-state index contributed by atoms with van der Waals surface area (Å²) in [4.78, 5) is 24.9. The topological polar surface area (TPSA) is 58.6 Å². The maximum atomic E-state index is 15.0. The normalized spacial score (nSPS) is 23.3. The Labute approximate surface area is 189 Å². The monoisotopic (exact) mass is 460 g/mol. The van der Waals surface area contributed by atoms with Crippen LogP contribution in [0.2, 0.25) is 5.02 Å². The van der Waals surface area contributed by atoms with Gasteiger partial charge in [-0.2, -0.15) is 0 Å². The van der Waals surface area contributed by atoms with Gasteiger partial charge in [0.1, 0.15) is 11.9 Å². The summed E-state index contributed by atoms with van der Waals surface area (Å²) in [6, 6.07) is 7.09. The molecular weight excluding hydrogens is 438 g/mol. The van der Waals surface area contributed by atoms with Gasteiger partial charge < -0.3 is 10.1 Å². The first kappa shape index (κ1) is 21.3. The van der Waals surface area contributed by atoms with E-state index in [0.717, 1.165) is 36.6 Å². The van der Waals surface area contributed by atoms with Gasteiger partial charge >= 0.3 is 0 Å². The lowest BCUT2D eigenvalue weighted by Crippen LogP contribution is -2.41. The molecule has 1 heterocycles. The highest BCUT2D eigenvalue weighted by Gasteiger charge is 2.38. The van der Waals surface area contributed by atoms with Crippen molar-refractivity contribution in [2.24, 2.45) is 0 Å². The predicted octanol–water partition coefficient (Wildman–Crippen LogP) is 4.85. The number of ether oxygens (including phenoxy) is 1. The molecule has 5 nitrogen and oxygen atoms in total. The van der Waals surface area contributed by atoms with Crippen molar-refractivity contribution >= 4 is 29.1 Å². The molecule has 2 fully saturated rings. The van der Waals surface area contributed by atoms with Crippen LogP contribution >= 0.6 is 11.6 Å². The summed E-state index contributed by atoms with van der Waals surface area (Å²) in [5.41, 5.74) is 1.32. The molecule has 0 spiro atoms. The molecule has 8 heteroatoms. The van der Waals surface area contributed by atoms with Crippen molar-refractivity contribution in [1.82, 2.24) is 5.32 Å². The van der Waals surface area contributed by atoms with Crippen molar-refractivity contribution in [3.05, 3.63) is 58.1 Å². The Hall–Kier alpha value is -2.51. The van der Waals surface area contributed by atoms with E-state index in [9.17, 15) is 18.4 Å². The molecule has 0 unspecified atom stereocenters. The van der Waals surface area contributed by atoms with Gasteiger partial charge in [0.05, 0.1) is 11.7 Å². The highest BCUT2D eigenvalue weighted by molar-refractivity contribution is 6.30. The lowest BCUT2D eigenvalue weighted by Gasteiger charge is -2.26. The van der Waals surface area contributed by atoms with E-state index in [2.05, 4.69) is 5.32 Å². The molecule has 0 bridgehead atoms. The van der Waals surface area contributed by atoms with Crippen LogP contribution in [0.4, 0.5) is 14.5 Å². The Balaban J connectivity index is 1.44. The number of rotatable bonds is 5. The van der Waals surface area contributed by atoms with Gasteiger partial charge in [-0.15, -0.1) is 0 Å². The second kappa shape index (κ2) is 8.45. The van der Waals surface area contributed by atoms with E-state index >= 15 is 0 Å². The average molecular weight is 461 g/mol. The van der Waals surface area contributed by atoms with Crippen LogP contribution in [-0.4, -0.2) is 23.9 Å². The largest absolute Gasteiger partial charge is 0.481 e. The van der Waals surface area contributed by atoms with E-state index in [1.807, 2.05) is 0 Å². The number of carbonyl (C=O) groups excluding carboxylic acids is 2. The van der Waals surface area contributed by atoms with Crippen LogP contribution in [-0.2, 0) is 16.0 Å². The van der Waals surface area contributed by atoms with Crippen LogP contribution in [0.1, 0.15) is 55.8 Å². The minimum Gasteiger partial charge on any atom is -0.481 e. The van der Waals surface area contributed by atoms with Crippen molar-refractivity contribution in [3.8, 4) is 5.75 Å². The maximum absolute atomic E-state index is 15.0. The Bertz CT molecular complexity index is 1070. The smallest absolute Gasteiger partial charge is 0.234 e. The standard InChI is InChI=1S/C24H23ClF2N2O3/c25-13-9-17-16(18(26)10-13)12-20(28-14-3-1-2-4-14)24(17)32-21-6-5-15(11-19(21)27)29-22(30)7-8-23(29)31/h5-6,9-11,14,20,24,28H,1-4,7-8,12H2/t20-,24-/m0/s1. The predicted molar refractivity (Wildman–Crippen MR) is 116 cm³/mol. The molecule has 5 rings (SSSR count). The molecule has 2 amide bonds. The zero-order valence-corrected chi connectivity index (χ0v) is 18.1. The zero-order chi connectivity index (χ0) is 22.4. The third-order valence-electron chi connectivity index (χ3n) is 6.57. The third kappa shape index (κ3) is 3.88. The first-order chi connectivity index (χ1) is 15.4. The average Bonchev–Trinajstić information content (AvgIpc) is 3.45. The SMILES string of the molecule is O=C1CCC(=O)N1c1ccc(O[C@H]2c3cc(Cl)cc(F)c3C[C@@H]2NC2CCCC2)c(F)c1. The van der Waals surface area contributed by atoms with Crippen LogP contribution in [0.25, 0.3) is 0 Å². The molecule has 0 aromatic heterocycles. The van der Waals surface area contributed by atoms with Crippen molar-refractivity contribution in [3.63, 3.8) is 0 Å². The lowest BCUT2D eigenvalue weighted by molar-refractivity contribution is -0.121. The molecule has 2 atom stereocenters. The Kier molecular flexibility index (Phi) is 5.63. The number of benzene rings is 2. The minimum absolute atomic E-state index is 0.0238. The van der Waals surface area contributed by atoms with Crippen molar-refractivity contribution in [2.45, 2.75) is 63.1 Å². The summed E-state index contributed by atoms with van der Waals surface area (Å²) in [6.07, 6.45) is 4.44. The van der Waals surface area contributed by atoms with Crippen molar-refractivity contribution < 1.29 is 23.1 Å². The number of hydrogen-bond donors (Lipinski definition) is 1. The molecule has 1 N–H and O–H groups in total. The minimum atomic E-state index is -0.689. The molecule has 1 saturated carbocycles. The van der Waals surface area contributed by atoms with E-state index in [0.29, 0.717) is 23.6 Å². The molecular formula is C24H23ClF2N2O3. The molecule has 3 aliphatic rings. The van der Waals surface area contributed by atoms with Crippen LogP contribution in [0.3, 0.4) is 0 Å². The summed E-state index contributed by atoms with van der Waals surface area (Å²) in [6.45, 7) is 0. The van der Waals surface area contributed by atoms with Gasteiger partial charge in [-0.1, -0.05) is 24.4 Å². The summed E-state index contributed by atoms with van der Waals surface area (Å²) in [5.74, 6) is -1.80. The number of imide groups is 1. The van der Waals surface area contributed by atoms with Gasteiger partial charge in [0.2, 0.25) is 11.8 Å². The summed E-state index contributed by atoms with van der Waals surface area (Å²) < 4.78 is 35.7. The summed E-state index contributed by atoms with van der Waals surface area (Å²) >= 11 is 6.11. The Morgan fingerprint density at radius 3 is 2.41 bits per heavy atom. The molecule has 1 aliphatic heterocycles. The molecule has 2 aliphatic carbocycles. The molecule has 2 aromatic carbocycles. The summed E-state index contributed by atoms with van der Waals surface area (Å²) in [7, 11) is 0. The van der Waals surface area contributed by atoms with Gasteiger partial charge in [0.15, 0.2) is 11.6 Å². The highest BCUT2D eigenvalue weighted by Crippen LogP contribution is 2.40. The van der Waals surface area contributed by atoms with Crippen molar-refractivity contribution in [2.75, 3.05) is 4.90 Å². The van der Waals surface area contributed by atoms with Crippen molar-refractivity contribution in [1.29, 1.82) is 0 Å². The van der Waals surface area contributed by atoms with E-state index in [1.54, 1.807) is 6.07 Å². The van der Waals surface area contributed by atoms with Gasteiger partial charge in [0.25, 0.3) is 0 Å². The van der Waals surface area contributed by atoms with Gasteiger partial charge in [-0.25, -0.2) is 8.78 Å². The van der Waals surface area contributed by atoms with E-state index in [-0.39, 0.29) is 47.2 Å². The van der Waals surface area contributed by atoms with Gasteiger partial charge in [-0.3, -0.25) is 14.5 Å². The summed E-state index contributed by atoms with van der Waals surface area (Å²) in [5, 5.41) is 3.84. The van der Waals surface area contributed by atoms with Crippen LogP contribution in [0.15, 0.2) is 30.3 Å². The van der Waals surface area contributed by atoms with E-state index in [1.165, 1.54) is 18.2 Å². The van der Waals surface area contributed by atoms with Crippen LogP contribution in [0.5, 0.6) is 5.75 Å². The van der Waals surface area contributed by atoms with Crippen LogP contribution < -0.4 is 15.0 Å². The van der Waals surface area contributed by atoms with Gasteiger partial charge in [0, 0.05) is 35.5 Å². The number of carbonyl (C=O) groups is 2. The number of amides is 2. The second-order valence-corrected chi connectivity index (χ2v) is 9.13. The maximum Gasteiger partial charge on any atom is 0.234 e. The van der Waals surface area contributed by atoms with Crippen LogP contribution in [0, 0.1) is 11.6 Å². The lowest BCUT2D eigenvalue weighted by atomic mass is 10.1. The molecule has 32 heavy (non-hydrogen) atoms.